The van der Waals surface area contributed by atoms with Crippen molar-refractivity contribution in [2.24, 2.45) is 0 Å². The van der Waals surface area contributed by atoms with Gasteiger partial charge in [-0.05, 0) is 30.5 Å². The molecule has 0 aliphatic heterocycles. The van der Waals surface area contributed by atoms with Crippen LogP contribution in [-0.4, -0.2) is 23.9 Å². The van der Waals surface area contributed by atoms with E-state index in [1.165, 1.54) is 12.1 Å². The average Bonchev–Trinajstić information content (AvgIpc) is 2.59. The van der Waals surface area contributed by atoms with Crippen molar-refractivity contribution in [3.05, 3.63) is 70.3 Å². The van der Waals surface area contributed by atoms with E-state index in [0.29, 0.717) is 13.1 Å². The molecule has 0 saturated heterocycles. The summed E-state index contributed by atoms with van der Waals surface area (Å²) in [6.07, 6.45) is 2.85. The van der Waals surface area contributed by atoms with Crippen LogP contribution >= 0.6 is 0 Å². The lowest BCUT2D eigenvalue weighted by molar-refractivity contribution is -0.384. The fourth-order valence-corrected chi connectivity index (χ4v) is 3.19. The van der Waals surface area contributed by atoms with Crippen LogP contribution in [-0.2, 0) is 10.2 Å². The van der Waals surface area contributed by atoms with E-state index in [4.69, 9.17) is 0 Å². The van der Waals surface area contributed by atoms with Gasteiger partial charge in [-0.2, -0.15) is 0 Å². The predicted octanol–water partition coefficient (Wildman–Crippen LogP) is 3.24. The first-order valence-corrected chi connectivity index (χ1v) is 8.44. The molecule has 2 aromatic rings. The van der Waals surface area contributed by atoms with Gasteiger partial charge in [-0.25, -0.2) is 0 Å². The number of benzene rings is 2. The molecule has 3 rings (SSSR count). The average molecular weight is 339 g/mol. The number of nitro benzene ring substituents is 1. The molecule has 0 aromatic heterocycles. The molecule has 0 spiro atoms. The Kier molecular flexibility index (Phi) is 4.97. The molecule has 0 bridgehead atoms. The van der Waals surface area contributed by atoms with Gasteiger partial charge in [-0.3, -0.25) is 14.9 Å². The number of carbonyl (C=O) groups is 1. The highest BCUT2D eigenvalue weighted by Crippen LogP contribution is 2.43. The van der Waals surface area contributed by atoms with E-state index in [-0.39, 0.29) is 17.0 Å². The molecule has 1 amide bonds. The molecule has 2 N–H and O–H groups in total. The quantitative estimate of drug-likeness (QED) is 0.461. The van der Waals surface area contributed by atoms with E-state index in [2.05, 4.69) is 10.6 Å². The molecule has 6 nitrogen and oxygen atoms in total. The zero-order chi connectivity index (χ0) is 17.7. The third-order valence-electron chi connectivity index (χ3n) is 4.79. The summed E-state index contributed by atoms with van der Waals surface area (Å²) in [6.45, 7) is 1.07. The highest BCUT2D eigenvalue weighted by atomic mass is 16.6. The maximum Gasteiger partial charge on any atom is 0.269 e. The minimum atomic E-state index is -0.425. The minimum Gasteiger partial charge on any atom is -0.383 e. The molecular formula is C19H21N3O3. The molecule has 1 aliphatic rings. The Balaban J connectivity index is 1.50. The number of nitrogens with zero attached hydrogens (tertiary/aromatic N) is 1. The van der Waals surface area contributed by atoms with Crippen molar-refractivity contribution in [1.29, 1.82) is 0 Å². The summed E-state index contributed by atoms with van der Waals surface area (Å²) in [6, 6.07) is 16.2. The first kappa shape index (κ1) is 17.0. The van der Waals surface area contributed by atoms with Gasteiger partial charge in [-0.15, -0.1) is 0 Å². The number of carbonyl (C=O) groups excluding carboxylic acids is 1. The zero-order valence-corrected chi connectivity index (χ0v) is 13.9. The monoisotopic (exact) mass is 339 g/mol. The van der Waals surface area contributed by atoms with Crippen LogP contribution in [0.25, 0.3) is 0 Å². The van der Waals surface area contributed by atoms with E-state index in [0.717, 1.165) is 30.5 Å². The predicted molar refractivity (Wildman–Crippen MR) is 96.6 cm³/mol. The number of nitrogens with one attached hydrogen (secondary N) is 2. The standard InChI is InChI=1S/C19H21N3O3/c23-18(19(11-4-12-19)15-5-2-1-3-6-15)21-14-13-20-16-7-9-17(10-8-16)22(24)25/h1-3,5-10,20H,4,11-14H2,(H,21,23). The van der Waals surface area contributed by atoms with Crippen molar-refractivity contribution < 1.29 is 9.72 Å². The van der Waals surface area contributed by atoms with Crippen LogP contribution in [0.15, 0.2) is 54.6 Å². The van der Waals surface area contributed by atoms with E-state index in [1.54, 1.807) is 12.1 Å². The lowest BCUT2D eigenvalue weighted by Gasteiger charge is -2.40. The van der Waals surface area contributed by atoms with Crippen molar-refractivity contribution in [2.45, 2.75) is 24.7 Å². The molecule has 0 atom stereocenters. The van der Waals surface area contributed by atoms with Crippen LogP contribution in [0.1, 0.15) is 24.8 Å². The Morgan fingerprint density at radius 1 is 1.04 bits per heavy atom. The van der Waals surface area contributed by atoms with Crippen molar-refractivity contribution in [3.63, 3.8) is 0 Å². The van der Waals surface area contributed by atoms with Gasteiger partial charge in [0.1, 0.15) is 0 Å². The molecule has 6 heteroatoms. The van der Waals surface area contributed by atoms with Crippen LogP contribution in [0.2, 0.25) is 0 Å². The Morgan fingerprint density at radius 3 is 2.28 bits per heavy atom. The fraction of sp³-hybridized carbons (Fsp3) is 0.316. The van der Waals surface area contributed by atoms with Gasteiger partial charge < -0.3 is 10.6 Å². The minimum absolute atomic E-state index is 0.0636. The van der Waals surface area contributed by atoms with Gasteiger partial charge in [0.2, 0.25) is 5.91 Å². The maximum atomic E-state index is 12.7. The Morgan fingerprint density at radius 2 is 1.72 bits per heavy atom. The topological polar surface area (TPSA) is 84.3 Å². The Bertz CT molecular complexity index is 740. The summed E-state index contributed by atoms with van der Waals surface area (Å²) in [7, 11) is 0. The number of hydrogen-bond donors (Lipinski definition) is 2. The summed E-state index contributed by atoms with van der Waals surface area (Å²) in [5, 5.41) is 16.8. The van der Waals surface area contributed by atoms with Crippen LogP contribution < -0.4 is 10.6 Å². The molecule has 1 aliphatic carbocycles. The lowest BCUT2D eigenvalue weighted by Crippen LogP contribution is -2.50. The van der Waals surface area contributed by atoms with Gasteiger partial charge in [-0.1, -0.05) is 36.8 Å². The number of amides is 1. The van der Waals surface area contributed by atoms with Gasteiger partial charge in [0, 0.05) is 30.9 Å². The van der Waals surface area contributed by atoms with Crippen LogP contribution in [0.5, 0.6) is 0 Å². The molecule has 2 aromatic carbocycles. The van der Waals surface area contributed by atoms with Crippen molar-refractivity contribution in [3.8, 4) is 0 Å². The fourth-order valence-electron chi connectivity index (χ4n) is 3.19. The molecule has 1 fully saturated rings. The molecule has 130 valence electrons. The summed E-state index contributed by atoms with van der Waals surface area (Å²) < 4.78 is 0. The first-order valence-electron chi connectivity index (χ1n) is 8.44. The lowest BCUT2D eigenvalue weighted by atomic mass is 9.64. The SMILES string of the molecule is O=C(NCCNc1ccc([N+](=O)[O-])cc1)C1(c2ccccc2)CCC1. The smallest absolute Gasteiger partial charge is 0.269 e. The Hall–Kier alpha value is -2.89. The number of anilines is 1. The van der Waals surface area contributed by atoms with Crippen LogP contribution in [0.3, 0.4) is 0 Å². The third-order valence-corrected chi connectivity index (χ3v) is 4.79. The number of rotatable bonds is 7. The van der Waals surface area contributed by atoms with E-state index >= 15 is 0 Å². The van der Waals surface area contributed by atoms with Gasteiger partial charge in [0.05, 0.1) is 10.3 Å². The van der Waals surface area contributed by atoms with Crippen LogP contribution in [0, 0.1) is 10.1 Å². The van der Waals surface area contributed by atoms with Gasteiger partial charge >= 0.3 is 0 Å². The third kappa shape index (κ3) is 3.63. The second-order valence-corrected chi connectivity index (χ2v) is 6.29. The van der Waals surface area contributed by atoms with Crippen molar-refractivity contribution >= 4 is 17.3 Å². The van der Waals surface area contributed by atoms with Gasteiger partial charge in [0.25, 0.3) is 5.69 Å². The zero-order valence-electron chi connectivity index (χ0n) is 13.9. The second kappa shape index (κ2) is 7.34. The molecule has 1 saturated carbocycles. The summed E-state index contributed by atoms with van der Waals surface area (Å²) in [4.78, 5) is 22.9. The molecular weight excluding hydrogens is 318 g/mol. The largest absolute Gasteiger partial charge is 0.383 e. The van der Waals surface area contributed by atoms with Crippen LogP contribution in [0.4, 0.5) is 11.4 Å². The first-order chi connectivity index (χ1) is 12.1. The van der Waals surface area contributed by atoms with Crippen molar-refractivity contribution in [1.82, 2.24) is 5.32 Å². The second-order valence-electron chi connectivity index (χ2n) is 6.29. The number of non-ortho nitro benzene ring substituents is 1. The molecule has 0 heterocycles. The number of nitro groups is 1. The summed E-state index contributed by atoms with van der Waals surface area (Å²) in [5.74, 6) is 0.0791. The molecule has 25 heavy (non-hydrogen) atoms. The van der Waals surface area contributed by atoms with E-state index in [9.17, 15) is 14.9 Å². The molecule has 0 radical (unpaired) electrons. The number of hydrogen-bond acceptors (Lipinski definition) is 4. The highest BCUT2D eigenvalue weighted by Gasteiger charge is 2.45. The summed E-state index contributed by atoms with van der Waals surface area (Å²) >= 11 is 0. The van der Waals surface area contributed by atoms with E-state index in [1.807, 2.05) is 30.3 Å². The van der Waals surface area contributed by atoms with Crippen molar-refractivity contribution in [2.75, 3.05) is 18.4 Å². The summed E-state index contributed by atoms with van der Waals surface area (Å²) in [5.41, 5.74) is 1.56. The van der Waals surface area contributed by atoms with E-state index < -0.39 is 4.92 Å². The normalized spacial score (nSPS) is 15.0. The highest BCUT2D eigenvalue weighted by molar-refractivity contribution is 5.89. The Labute approximate surface area is 146 Å². The van der Waals surface area contributed by atoms with Gasteiger partial charge in [0.15, 0.2) is 0 Å². The maximum absolute atomic E-state index is 12.7. The molecule has 0 unspecified atom stereocenters.